The molecule has 0 saturated carbocycles. The quantitative estimate of drug-likeness (QED) is 0.383. The van der Waals surface area contributed by atoms with E-state index in [9.17, 15) is 18.0 Å². The van der Waals surface area contributed by atoms with Crippen LogP contribution in [-0.4, -0.2) is 60.4 Å². The summed E-state index contributed by atoms with van der Waals surface area (Å²) in [6.07, 6.45) is 1.28. The average molecular weight is 440 g/mol. The topological polar surface area (TPSA) is 109 Å². The molecule has 0 spiro atoms. The fraction of sp³-hybridized carbons (Fsp3) is 0.421. The Bertz CT molecular complexity index is 1010. The van der Waals surface area contributed by atoms with Gasteiger partial charge >= 0.3 is 5.97 Å². The van der Waals surface area contributed by atoms with Gasteiger partial charge < -0.3 is 9.72 Å². The number of hydrogen-bond donors (Lipinski definition) is 1. The first-order valence-corrected chi connectivity index (χ1v) is 11.3. The van der Waals surface area contributed by atoms with E-state index in [4.69, 9.17) is 4.74 Å². The van der Waals surface area contributed by atoms with Crippen LogP contribution in [0.4, 0.5) is 0 Å². The number of Topliss-reactive ketones (excluding diaryl/α,β-unsaturated/α-hetero) is 1. The number of nitrogens with one attached hydrogen (secondary N) is 1. The van der Waals surface area contributed by atoms with E-state index >= 15 is 0 Å². The summed E-state index contributed by atoms with van der Waals surface area (Å²) in [5.41, 5.74) is 1.87. The van der Waals surface area contributed by atoms with Crippen LogP contribution in [0.3, 0.4) is 0 Å². The molecule has 0 amide bonds. The van der Waals surface area contributed by atoms with E-state index in [1.807, 2.05) is 0 Å². The van der Waals surface area contributed by atoms with Crippen LogP contribution >= 0.6 is 11.8 Å². The lowest BCUT2D eigenvalue weighted by Crippen LogP contribution is -2.22. The van der Waals surface area contributed by atoms with E-state index in [-0.39, 0.29) is 17.3 Å². The second-order valence-electron chi connectivity index (χ2n) is 6.59. The predicted molar refractivity (Wildman–Crippen MR) is 111 cm³/mol. The first-order chi connectivity index (χ1) is 13.5. The monoisotopic (exact) mass is 439 g/mol. The van der Waals surface area contributed by atoms with E-state index in [0.717, 1.165) is 4.31 Å². The van der Waals surface area contributed by atoms with Crippen molar-refractivity contribution in [2.24, 2.45) is 0 Å². The number of ketones is 1. The fourth-order valence-corrected chi connectivity index (χ4v) is 4.44. The van der Waals surface area contributed by atoms with Gasteiger partial charge in [-0.15, -0.1) is 0 Å². The summed E-state index contributed by atoms with van der Waals surface area (Å²) >= 11 is 1.21. The van der Waals surface area contributed by atoms with E-state index in [2.05, 4.69) is 9.97 Å². The van der Waals surface area contributed by atoms with E-state index in [1.165, 1.54) is 38.1 Å². The van der Waals surface area contributed by atoms with Gasteiger partial charge in [-0.25, -0.2) is 22.5 Å². The third-order valence-corrected chi connectivity index (χ3v) is 7.17. The molecule has 1 atom stereocenters. The lowest BCUT2D eigenvalue weighted by Gasteiger charge is -2.12. The molecule has 158 valence electrons. The molecule has 1 N–H and O–H groups in total. The standard InChI is InChI=1S/C19H25N3O5S2/c1-7-27-19(24)16-11(2)17(21-12(16)3)18(23)13(4)28-15-9-8-14(10-20-15)29(25,26)22(5)6/h8-10,13,21H,7H2,1-6H3/t13-/m1/s1. The first kappa shape index (κ1) is 23.1. The maximum absolute atomic E-state index is 12.9. The number of rotatable bonds is 8. The molecule has 2 rings (SSSR count). The van der Waals surface area contributed by atoms with Crippen LogP contribution in [0.2, 0.25) is 0 Å². The van der Waals surface area contributed by atoms with Crippen LogP contribution in [0.1, 0.15) is 46.0 Å². The zero-order chi connectivity index (χ0) is 21.9. The Kier molecular flexibility index (Phi) is 7.25. The number of aromatic amines is 1. The summed E-state index contributed by atoms with van der Waals surface area (Å²) in [7, 11) is -0.659. The van der Waals surface area contributed by atoms with Gasteiger partial charge in [0, 0.05) is 26.0 Å². The molecule has 0 aliphatic heterocycles. The van der Waals surface area contributed by atoms with Crippen LogP contribution in [0, 0.1) is 13.8 Å². The van der Waals surface area contributed by atoms with Gasteiger partial charge in [-0.1, -0.05) is 11.8 Å². The van der Waals surface area contributed by atoms with Crippen molar-refractivity contribution in [1.82, 2.24) is 14.3 Å². The minimum Gasteiger partial charge on any atom is -0.462 e. The maximum atomic E-state index is 12.9. The number of carbonyl (C=O) groups excluding carboxylic acids is 2. The van der Waals surface area contributed by atoms with Crippen molar-refractivity contribution in [1.29, 1.82) is 0 Å². The van der Waals surface area contributed by atoms with Crippen molar-refractivity contribution in [2.75, 3.05) is 20.7 Å². The molecule has 29 heavy (non-hydrogen) atoms. The number of hydrogen-bond acceptors (Lipinski definition) is 7. The summed E-state index contributed by atoms with van der Waals surface area (Å²) in [6, 6.07) is 3.03. The molecule has 0 aromatic carbocycles. The summed E-state index contributed by atoms with van der Waals surface area (Å²) in [6.45, 7) is 7.14. The van der Waals surface area contributed by atoms with Gasteiger partial charge in [0.05, 0.1) is 28.1 Å². The smallest absolute Gasteiger partial charge is 0.340 e. The largest absolute Gasteiger partial charge is 0.462 e. The Labute approximate surface area is 175 Å². The zero-order valence-electron chi connectivity index (χ0n) is 17.3. The Balaban J connectivity index is 2.20. The van der Waals surface area contributed by atoms with Crippen molar-refractivity contribution < 1.29 is 22.7 Å². The van der Waals surface area contributed by atoms with Gasteiger partial charge in [0.1, 0.15) is 4.90 Å². The minimum atomic E-state index is -3.56. The normalized spacial score (nSPS) is 12.8. The third-order valence-electron chi connectivity index (χ3n) is 4.32. The lowest BCUT2D eigenvalue weighted by molar-refractivity contribution is 0.0525. The van der Waals surface area contributed by atoms with Crippen molar-refractivity contribution in [3.05, 3.63) is 40.8 Å². The number of aromatic nitrogens is 2. The SMILES string of the molecule is CCOC(=O)c1c(C)[nH]c(C(=O)[C@@H](C)Sc2ccc(S(=O)(=O)N(C)C)cn2)c1C. The van der Waals surface area contributed by atoms with Gasteiger partial charge in [0.2, 0.25) is 10.0 Å². The highest BCUT2D eigenvalue weighted by molar-refractivity contribution is 8.00. The van der Waals surface area contributed by atoms with Crippen molar-refractivity contribution >= 4 is 33.5 Å². The van der Waals surface area contributed by atoms with Crippen LogP contribution in [0.25, 0.3) is 0 Å². The highest BCUT2D eigenvalue weighted by Gasteiger charge is 2.26. The summed E-state index contributed by atoms with van der Waals surface area (Å²) in [5.74, 6) is -0.643. The Morgan fingerprint density at radius 3 is 2.45 bits per heavy atom. The van der Waals surface area contributed by atoms with Crippen LogP contribution in [0.15, 0.2) is 28.3 Å². The second-order valence-corrected chi connectivity index (χ2v) is 10.1. The number of esters is 1. The number of aryl methyl sites for hydroxylation is 1. The molecule has 0 radical (unpaired) electrons. The predicted octanol–water partition coefficient (Wildman–Crippen LogP) is 2.82. The zero-order valence-corrected chi connectivity index (χ0v) is 18.9. The Hall–Kier alpha value is -2.17. The number of carbonyl (C=O) groups is 2. The van der Waals surface area contributed by atoms with Gasteiger partial charge in [0.15, 0.2) is 5.78 Å². The van der Waals surface area contributed by atoms with E-state index < -0.39 is 21.2 Å². The number of nitrogens with zero attached hydrogens (tertiary/aromatic N) is 2. The number of thioether (sulfide) groups is 1. The molecule has 0 aliphatic carbocycles. The van der Waals surface area contributed by atoms with Gasteiger partial charge in [0.25, 0.3) is 0 Å². The Morgan fingerprint density at radius 2 is 1.93 bits per heavy atom. The minimum absolute atomic E-state index is 0.0840. The van der Waals surface area contributed by atoms with Gasteiger partial charge in [-0.3, -0.25) is 4.79 Å². The van der Waals surface area contributed by atoms with Crippen molar-refractivity contribution in [3.63, 3.8) is 0 Å². The summed E-state index contributed by atoms with van der Waals surface area (Å²) < 4.78 is 30.4. The summed E-state index contributed by atoms with van der Waals surface area (Å²) in [4.78, 5) is 32.3. The highest BCUT2D eigenvalue weighted by atomic mass is 32.2. The molecule has 2 aromatic rings. The highest BCUT2D eigenvalue weighted by Crippen LogP contribution is 2.27. The van der Waals surface area contributed by atoms with Crippen LogP contribution in [0.5, 0.6) is 0 Å². The van der Waals surface area contributed by atoms with Crippen molar-refractivity contribution in [3.8, 4) is 0 Å². The molecule has 0 saturated heterocycles. The number of H-pyrrole nitrogens is 1. The average Bonchev–Trinajstić information content (AvgIpc) is 2.95. The molecule has 8 nitrogen and oxygen atoms in total. The van der Waals surface area contributed by atoms with E-state index in [0.29, 0.717) is 27.5 Å². The number of sulfonamides is 1. The Morgan fingerprint density at radius 1 is 1.28 bits per heavy atom. The molecule has 2 aromatic heterocycles. The second kappa shape index (κ2) is 9.10. The molecular formula is C19H25N3O5S2. The van der Waals surface area contributed by atoms with Crippen LogP contribution in [-0.2, 0) is 14.8 Å². The molecular weight excluding hydrogens is 414 g/mol. The third kappa shape index (κ3) is 4.88. The lowest BCUT2D eigenvalue weighted by atomic mass is 10.1. The molecule has 0 unspecified atom stereocenters. The van der Waals surface area contributed by atoms with Gasteiger partial charge in [-0.05, 0) is 45.4 Å². The number of ether oxygens (including phenoxy) is 1. The summed E-state index contributed by atoms with van der Waals surface area (Å²) in [5, 5.41) is 0.0284. The van der Waals surface area contributed by atoms with Gasteiger partial charge in [-0.2, -0.15) is 0 Å². The molecule has 2 heterocycles. The number of pyridine rings is 1. The molecule has 0 fully saturated rings. The molecule has 0 aliphatic rings. The van der Waals surface area contributed by atoms with Crippen LogP contribution < -0.4 is 0 Å². The van der Waals surface area contributed by atoms with E-state index in [1.54, 1.807) is 33.8 Å². The van der Waals surface area contributed by atoms with Crippen molar-refractivity contribution in [2.45, 2.75) is 42.9 Å². The fourth-order valence-electron chi connectivity index (χ4n) is 2.74. The molecule has 0 bridgehead atoms. The maximum Gasteiger partial charge on any atom is 0.340 e. The first-order valence-electron chi connectivity index (χ1n) is 8.96. The molecule has 10 heteroatoms.